The quantitative estimate of drug-likeness (QED) is 0.0239. The van der Waals surface area contributed by atoms with E-state index in [0.29, 0.717) is 0 Å². The Hall–Kier alpha value is -12.8. The van der Waals surface area contributed by atoms with Crippen molar-refractivity contribution in [1.82, 2.24) is 0 Å². The van der Waals surface area contributed by atoms with Crippen LogP contribution in [0.2, 0.25) is 0 Å². The molecule has 3 fully saturated rings. The highest BCUT2D eigenvalue weighted by Crippen LogP contribution is 2.39. The van der Waals surface area contributed by atoms with Gasteiger partial charge in [-0.2, -0.15) is 0 Å². The summed E-state index contributed by atoms with van der Waals surface area (Å²) < 4.78 is 103. The highest BCUT2D eigenvalue weighted by atomic mass is 16.8. The monoisotopic (exact) mass is 1520 g/mol. The van der Waals surface area contributed by atoms with E-state index in [4.69, 9.17) is 75.8 Å². The first-order valence-corrected chi connectivity index (χ1v) is 35.5. The van der Waals surface area contributed by atoms with Gasteiger partial charge in [0.15, 0.2) is 73.8 Å². The number of ether oxygens (including phenoxy) is 16. The summed E-state index contributed by atoms with van der Waals surface area (Å²) in [4.78, 5) is 145. The molecule has 574 valence electrons. The van der Waals surface area contributed by atoms with Crippen molar-refractivity contribution < 1.29 is 124 Å². The third-order valence-electron chi connectivity index (χ3n) is 17.7. The van der Waals surface area contributed by atoms with Crippen LogP contribution in [0.1, 0.15) is 100 Å². The number of hydrogen-bond donors (Lipinski definition) is 0. The molecular formula is C86H74O26. The Kier molecular flexibility index (Phi) is 27.1. The number of benzene rings is 9. The Morgan fingerprint density at radius 3 is 0.777 bits per heavy atom. The summed E-state index contributed by atoms with van der Waals surface area (Å²) in [7, 11) is 0. The average Bonchev–Trinajstić information content (AvgIpc) is 0.752. The average molecular weight is 1520 g/mol. The van der Waals surface area contributed by atoms with Gasteiger partial charge >= 0.3 is 59.7 Å². The summed E-state index contributed by atoms with van der Waals surface area (Å²) in [5, 5.41) is 0. The van der Waals surface area contributed by atoms with Gasteiger partial charge in [-0.3, -0.25) is 4.79 Å². The molecule has 0 unspecified atom stereocenters. The second kappa shape index (κ2) is 38.5. The second-order valence-electron chi connectivity index (χ2n) is 25.3. The maximum atomic E-state index is 15.2. The van der Waals surface area contributed by atoms with Gasteiger partial charge in [0.1, 0.15) is 31.5 Å². The van der Waals surface area contributed by atoms with Crippen LogP contribution in [-0.4, -0.2) is 178 Å². The van der Waals surface area contributed by atoms with Crippen LogP contribution < -0.4 is 0 Å². The number of esters is 10. The van der Waals surface area contributed by atoms with Crippen LogP contribution >= 0.6 is 0 Å². The number of carbonyl (C=O) groups excluding carboxylic acids is 10. The summed E-state index contributed by atoms with van der Waals surface area (Å²) in [5.74, 6) is -10.1. The largest absolute Gasteiger partial charge is 0.463 e. The van der Waals surface area contributed by atoms with Crippen LogP contribution in [0.5, 0.6) is 0 Å². The van der Waals surface area contributed by atoms with E-state index >= 15 is 9.59 Å². The lowest BCUT2D eigenvalue weighted by molar-refractivity contribution is -0.368. The molecule has 9 aromatic rings. The van der Waals surface area contributed by atoms with E-state index < -0.39 is 178 Å². The fourth-order valence-corrected chi connectivity index (χ4v) is 12.3. The van der Waals surface area contributed by atoms with Crippen molar-refractivity contribution in [2.45, 2.75) is 99.0 Å². The van der Waals surface area contributed by atoms with Crippen molar-refractivity contribution in [3.8, 4) is 0 Å². The van der Waals surface area contributed by atoms with E-state index in [0.717, 1.165) is 6.92 Å². The molecule has 26 heteroatoms. The fraction of sp³-hybridized carbons (Fsp3) is 0.233. The summed E-state index contributed by atoms with van der Waals surface area (Å²) >= 11 is 0. The molecule has 0 aliphatic carbocycles. The van der Waals surface area contributed by atoms with Crippen molar-refractivity contribution >= 4 is 59.7 Å². The minimum atomic E-state index is -2.20. The third-order valence-corrected chi connectivity index (χ3v) is 17.7. The van der Waals surface area contributed by atoms with Gasteiger partial charge in [0, 0.05) is 6.92 Å². The van der Waals surface area contributed by atoms with E-state index in [1.165, 1.54) is 140 Å². The minimum absolute atomic E-state index is 0.00781. The zero-order chi connectivity index (χ0) is 78.3. The maximum absolute atomic E-state index is 15.2. The van der Waals surface area contributed by atoms with Gasteiger partial charge < -0.3 is 75.8 Å². The van der Waals surface area contributed by atoms with Crippen LogP contribution in [0.25, 0.3) is 0 Å². The van der Waals surface area contributed by atoms with Crippen molar-refractivity contribution in [2.75, 3.05) is 26.4 Å². The van der Waals surface area contributed by atoms with Crippen LogP contribution in [0.3, 0.4) is 0 Å². The molecule has 0 bridgehead atoms. The Morgan fingerprint density at radius 1 is 0.268 bits per heavy atom. The summed E-state index contributed by atoms with van der Waals surface area (Å²) in [6.45, 7) is 2.07. The molecule has 0 radical (unpaired) electrons. The van der Waals surface area contributed by atoms with Crippen LogP contribution in [-0.2, 0) is 80.6 Å². The van der Waals surface area contributed by atoms with Gasteiger partial charge in [0.25, 0.3) is 0 Å². The van der Waals surface area contributed by atoms with Gasteiger partial charge in [-0.1, -0.05) is 170 Å². The number of rotatable bonds is 29. The summed E-state index contributed by atoms with van der Waals surface area (Å²) in [5.41, 5.74) is -0.212. The Bertz CT molecular complexity index is 4660. The topological polar surface area (TPSA) is 318 Å². The highest BCUT2D eigenvalue weighted by molar-refractivity contribution is 5.94. The van der Waals surface area contributed by atoms with Gasteiger partial charge in [0.2, 0.25) is 0 Å². The molecule has 3 heterocycles. The van der Waals surface area contributed by atoms with Gasteiger partial charge in [-0.25, -0.2) is 43.2 Å². The molecular weight excluding hydrogens is 1450 g/mol. The van der Waals surface area contributed by atoms with E-state index in [-0.39, 0.29) is 50.1 Å². The molecule has 9 aromatic carbocycles. The first-order chi connectivity index (χ1) is 54.6. The molecule has 12 rings (SSSR count). The molecule has 3 aliphatic heterocycles. The lowest BCUT2D eigenvalue weighted by Crippen LogP contribution is -2.67. The third kappa shape index (κ3) is 20.3. The van der Waals surface area contributed by atoms with Gasteiger partial charge in [-0.05, 0) is 109 Å². The first kappa shape index (κ1) is 78.8. The lowest BCUT2D eigenvalue weighted by atomic mass is 9.95. The zero-order valence-electron chi connectivity index (χ0n) is 59.9. The predicted molar refractivity (Wildman–Crippen MR) is 391 cm³/mol. The lowest BCUT2D eigenvalue weighted by Gasteiger charge is -2.49. The van der Waals surface area contributed by atoms with E-state index in [1.807, 2.05) is 0 Å². The van der Waals surface area contributed by atoms with Crippen LogP contribution in [0, 0.1) is 0 Å². The van der Waals surface area contributed by atoms with Gasteiger partial charge in [-0.15, -0.1) is 6.58 Å². The van der Waals surface area contributed by atoms with Crippen LogP contribution in [0.15, 0.2) is 286 Å². The minimum Gasteiger partial charge on any atom is -0.463 e. The molecule has 112 heavy (non-hydrogen) atoms. The molecule has 0 N–H and O–H groups in total. The molecule has 0 spiro atoms. The van der Waals surface area contributed by atoms with Gasteiger partial charge in [0.05, 0.1) is 63.3 Å². The molecule has 0 aromatic heterocycles. The Morgan fingerprint density at radius 2 is 0.491 bits per heavy atom. The second-order valence-corrected chi connectivity index (χ2v) is 25.3. The molecule has 3 aliphatic rings. The normalized spacial score (nSPS) is 23.1. The molecule has 0 amide bonds. The Balaban J connectivity index is 0.999. The van der Waals surface area contributed by atoms with Crippen molar-refractivity contribution in [3.05, 3.63) is 336 Å². The highest BCUT2D eigenvalue weighted by Gasteiger charge is 2.60. The molecule has 26 nitrogen and oxygen atoms in total. The van der Waals surface area contributed by atoms with E-state index in [1.54, 1.807) is 140 Å². The Labute approximate surface area is 641 Å². The SMILES string of the molecule is C=CCO[C@H]1O[C@H](CO[C@H]2O[C@H](COC(C)=O)[C@@H](OC(=O)c3ccccc3)[C@H](OC(=O)c3ccccc3)[C@@H]2OC(=O)c2ccccc2)[C@@H](OC(=O)c2ccccc2)[C@H](OC(=O)c2ccccc2)[C@@H]1O[C@H]1O[C@H](COC(=O)c2ccccc2)[C@@H](OC(=O)c2ccccc2)[C@H](OC(=O)c2ccccc2)[C@@H]1OC(=O)c1ccccc1. The molecule has 3 saturated heterocycles. The van der Waals surface area contributed by atoms with E-state index in [2.05, 4.69) is 6.58 Å². The molecule has 15 atom stereocenters. The smallest absolute Gasteiger partial charge is 0.338 e. The maximum Gasteiger partial charge on any atom is 0.338 e. The standard InChI is InChI=1S/C86H74O26/c1-3-49-97-84-73(112-86-74(111-83(96)62-47-29-12-30-48-62)71(109-81(94)60-43-25-10-26-44-60)67(105-77(90)56-35-17-6-18-36-56)64(103-86)51-99-75(88)54-31-13-4-14-32-54)70(108-80(93)59-41-23-9-24-42-59)68(106-78(91)57-37-19-7-20-38-57)65(101-84)52-100-85-72(110-82(95)61-45-27-11-28-46-61)69(107-79(92)58-39-21-8-22-40-58)66(63(102-85)50-98-53(2)87)104-76(89)55-33-15-5-16-34-55/h3-48,63-74,84-86H,1,49-52H2,2H3/t63-,64-,65-,66-,67-,68-,69+,70+,71+,72+,73+,74+,84+,85+,86-/m1/s1. The number of carbonyl (C=O) groups is 10. The molecule has 0 saturated carbocycles. The summed E-state index contributed by atoms with van der Waals surface area (Å²) in [6.07, 6.45) is -27.9. The van der Waals surface area contributed by atoms with E-state index in [9.17, 15) is 38.4 Å². The predicted octanol–water partition coefficient (Wildman–Crippen LogP) is 11.0. The summed E-state index contributed by atoms with van der Waals surface area (Å²) in [6, 6.07) is 68.5. The zero-order valence-corrected chi connectivity index (χ0v) is 59.9. The van der Waals surface area contributed by atoms with Crippen molar-refractivity contribution in [2.24, 2.45) is 0 Å². The fourth-order valence-electron chi connectivity index (χ4n) is 12.3. The number of hydrogen-bond acceptors (Lipinski definition) is 26. The first-order valence-electron chi connectivity index (χ1n) is 35.5. The van der Waals surface area contributed by atoms with Crippen molar-refractivity contribution in [1.29, 1.82) is 0 Å². The van der Waals surface area contributed by atoms with Crippen molar-refractivity contribution in [3.63, 3.8) is 0 Å². The van der Waals surface area contributed by atoms with Crippen LogP contribution in [0.4, 0.5) is 0 Å².